The molecule has 0 N–H and O–H groups in total. The normalized spacial score (nSPS) is 12.6. The molecule has 0 aliphatic carbocycles. The molecule has 0 heterocycles. The summed E-state index contributed by atoms with van der Waals surface area (Å²) in [6, 6.07) is 9.05. The molecular weight excluding hydrogens is 343 g/mol. The van der Waals surface area contributed by atoms with Crippen LogP contribution in [0.15, 0.2) is 30.3 Å². The Morgan fingerprint density at radius 1 is 1.04 bits per heavy atom. The summed E-state index contributed by atoms with van der Waals surface area (Å²) in [5.41, 5.74) is 0.725. The van der Waals surface area contributed by atoms with Gasteiger partial charge in [0.2, 0.25) is 0 Å². The Kier molecular flexibility index (Phi) is 9.65. The lowest BCUT2D eigenvalue weighted by Crippen LogP contribution is -2.18. The van der Waals surface area contributed by atoms with Gasteiger partial charge >= 0.3 is 13.6 Å². The molecule has 6 nitrogen and oxygen atoms in total. The van der Waals surface area contributed by atoms with Crippen molar-refractivity contribution in [3.8, 4) is 0 Å². The van der Waals surface area contributed by atoms with Crippen molar-refractivity contribution in [3.05, 3.63) is 35.9 Å². The molecule has 0 fully saturated rings. The fourth-order valence-electron chi connectivity index (χ4n) is 2.33. The third-order valence-electron chi connectivity index (χ3n) is 3.33. The van der Waals surface area contributed by atoms with Crippen LogP contribution in [-0.4, -0.2) is 31.1 Å². The number of Topliss-reactive ketones (excluding diaryl/α,β-unsaturated/α-hetero) is 1. The molecule has 0 aliphatic rings. The third-order valence-corrected chi connectivity index (χ3v) is 5.38. The van der Waals surface area contributed by atoms with Crippen LogP contribution in [0.3, 0.4) is 0 Å². The second-order valence-corrected chi connectivity index (χ2v) is 7.54. The summed E-state index contributed by atoms with van der Waals surface area (Å²) < 4.78 is 28.2. The van der Waals surface area contributed by atoms with E-state index in [1.165, 1.54) is 0 Å². The number of hydrogen-bond donors (Lipinski definition) is 0. The average molecular weight is 370 g/mol. The van der Waals surface area contributed by atoms with E-state index >= 15 is 0 Å². The van der Waals surface area contributed by atoms with Crippen LogP contribution in [0.5, 0.6) is 0 Å². The first-order chi connectivity index (χ1) is 11.9. The number of ketones is 1. The standard InChI is InChI=1S/C18H27O6P/c1-4-10-18(20)24-17(15-11-8-7-9-12-15)13-16(19)14-25(21,22-5-2)23-6-3/h7-9,11-12,17H,4-6,10,13-14H2,1-3H3. The zero-order valence-electron chi connectivity index (χ0n) is 15.1. The van der Waals surface area contributed by atoms with E-state index in [9.17, 15) is 14.2 Å². The lowest BCUT2D eigenvalue weighted by molar-refractivity contribution is -0.150. The molecule has 0 radical (unpaired) electrons. The predicted octanol–water partition coefficient (Wildman–Crippen LogP) is 4.30. The molecule has 1 aromatic rings. The number of carbonyl (C=O) groups excluding carboxylic acids is 2. The number of rotatable bonds is 12. The number of esters is 1. The largest absolute Gasteiger partial charge is 0.457 e. The van der Waals surface area contributed by atoms with Gasteiger partial charge in [-0.3, -0.25) is 14.2 Å². The lowest BCUT2D eigenvalue weighted by Gasteiger charge is -2.20. The first-order valence-electron chi connectivity index (χ1n) is 8.58. The monoisotopic (exact) mass is 370 g/mol. The van der Waals surface area contributed by atoms with Crippen molar-refractivity contribution in [3.63, 3.8) is 0 Å². The van der Waals surface area contributed by atoms with E-state index in [1.54, 1.807) is 26.0 Å². The molecule has 1 rings (SSSR count). The summed E-state index contributed by atoms with van der Waals surface area (Å²) in [5, 5.41) is 0. The highest BCUT2D eigenvalue weighted by atomic mass is 31.2. The van der Waals surface area contributed by atoms with Crippen LogP contribution in [0.2, 0.25) is 0 Å². The number of ether oxygens (including phenoxy) is 1. The molecule has 0 aromatic heterocycles. The molecule has 0 spiro atoms. The third kappa shape index (κ3) is 7.95. The maximum atomic E-state index is 12.5. The molecule has 25 heavy (non-hydrogen) atoms. The Hall–Kier alpha value is -1.49. The van der Waals surface area contributed by atoms with Gasteiger partial charge in [-0.05, 0) is 25.8 Å². The highest BCUT2D eigenvalue weighted by molar-refractivity contribution is 7.54. The van der Waals surface area contributed by atoms with Crippen LogP contribution in [0.1, 0.15) is 51.7 Å². The van der Waals surface area contributed by atoms with Gasteiger partial charge in [0, 0.05) is 12.8 Å². The number of benzene rings is 1. The van der Waals surface area contributed by atoms with Crippen molar-refractivity contribution in [2.45, 2.75) is 46.1 Å². The second-order valence-electron chi connectivity index (χ2n) is 5.49. The van der Waals surface area contributed by atoms with Gasteiger partial charge in [-0.15, -0.1) is 0 Å². The Morgan fingerprint density at radius 3 is 2.16 bits per heavy atom. The van der Waals surface area contributed by atoms with E-state index < -0.39 is 13.7 Å². The van der Waals surface area contributed by atoms with Gasteiger partial charge in [-0.25, -0.2) is 0 Å². The van der Waals surface area contributed by atoms with Crippen molar-refractivity contribution in [2.24, 2.45) is 0 Å². The van der Waals surface area contributed by atoms with Crippen molar-refractivity contribution in [1.29, 1.82) is 0 Å². The maximum absolute atomic E-state index is 12.5. The van der Waals surface area contributed by atoms with Gasteiger partial charge in [0.25, 0.3) is 0 Å². The summed E-state index contributed by atoms with van der Waals surface area (Å²) in [6.45, 7) is 5.64. The zero-order valence-corrected chi connectivity index (χ0v) is 16.0. The van der Waals surface area contributed by atoms with Gasteiger partial charge in [0.05, 0.1) is 13.2 Å². The molecule has 1 unspecified atom stereocenters. The highest BCUT2D eigenvalue weighted by Crippen LogP contribution is 2.48. The fourth-order valence-corrected chi connectivity index (χ4v) is 3.93. The van der Waals surface area contributed by atoms with Crippen LogP contribution >= 0.6 is 7.60 Å². The summed E-state index contributed by atoms with van der Waals surface area (Å²) >= 11 is 0. The molecule has 140 valence electrons. The van der Waals surface area contributed by atoms with Crippen LogP contribution < -0.4 is 0 Å². The lowest BCUT2D eigenvalue weighted by atomic mass is 10.0. The van der Waals surface area contributed by atoms with Gasteiger partial charge in [-0.2, -0.15) is 0 Å². The topological polar surface area (TPSA) is 78.9 Å². The molecule has 0 bridgehead atoms. The summed E-state index contributed by atoms with van der Waals surface area (Å²) in [7, 11) is -3.46. The molecule has 7 heteroatoms. The molecule has 0 aliphatic heterocycles. The van der Waals surface area contributed by atoms with E-state index in [0.717, 1.165) is 5.56 Å². The van der Waals surface area contributed by atoms with Gasteiger partial charge < -0.3 is 13.8 Å². The first-order valence-corrected chi connectivity index (χ1v) is 10.3. The van der Waals surface area contributed by atoms with Crippen LogP contribution in [0, 0.1) is 0 Å². The zero-order chi connectivity index (χ0) is 18.7. The molecule has 1 atom stereocenters. The predicted molar refractivity (Wildman–Crippen MR) is 95.5 cm³/mol. The minimum absolute atomic E-state index is 0.0659. The van der Waals surface area contributed by atoms with E-state index in [2.05, 4.69) is 0 Å². The summed E-state index contributed by atoms with van der Waals surface area (Å²) in [4.78, 5) is 24.3. The van der Waals surface area contributed by atoms with E-state index in [4.69, 9.17) is 13.8 Å². The van der Waals surface area contributed by atoms with E-state index in [-0.39, 0.29) is 44.0 Å². The average Bonchev–Trinajstić information content (AvgIpc) is 2.55. The SMILES string of the molecule is CCCC(=O)OC(CC(=O)CP(=O)(OCC)OCC)c1ccccc1. The molecular formula is C18H27O6P. The van der Waals surface area contributed by atoms with Crippen LogP contribution in [-0.2, 0) is 27.9 Å². The Morgan fingerprint density at radius 2 is 1.64 bits per heavy atom. The van der Waals surface area contributed by atoms with Crippen LogP contribution in [0.25, 0.3) is 0 Å². The fraction of sp³-hybridized carbons (Fsp3) is 0.556. The molecule has 0 saturated carbocycles. The summed E-state index contributed by atoms with van der Waals surface area (Å²) in [6.07, 6.45) is -0.150. The van der Waals surface area contributed by atoms with Crippen molar-refractivity contribution in [1.82, 2.24) is 0 Å². The second kappa shape index (κ2) is 11.2. The van der Waals surface area contributed by atoms with E-state index in [0.29, 0.717) is 6.42 Å². The van der Waals surface area contributed by atoms with Gasteiger partial charge in [0.15, 0.2) is 0 Å². The minimum atomic E-state index is -3.46. The van der Waals surface area contributed by atoms with Crippen LogP contribution in [0.4, 0.5) is 0 Å². The smallest absolute Gasteiger partial charge is 0.338 e. The molecule has 1 aromatic carbocycles. The van der Waals surface area contributed by atoms with Gasteiger partial charge in [-0.1, -0.05) is 37.3 Å². The molecule has 0 saturated heterocycles. The number of carbonyl (C=O) groups is 2. The van der Waals surface area contributed by atoms with Gasteiger partial charge in [0.1, 0.15) is 18.0 Å². The summed E-state index contributed by atoms with van der Waals surface area (Å²) in [5.74, 6) is -0.690. The minimum Gasteiger partial charge on any atom is -0.457 e. The quantitative estimate of drug-likeness (QED) is 0.403. The number of hydrogen-bond acceptors (Lipinski definition) is 6. The maximum Gasteiger partial charge on any atom is 0.338 e. The highest BCUT2D eigenvalue weighted by Gasteiger charge is 2.30. The Balaban J connectivity index is 2.84. The molecule has 0 amide bonds. The van der Waals surface area contributed by atoms with Crippen molar-refractivity contribution >= 4 is 19.3 Å². The van der Waals surface area contributed by atoms with E-state index in [1.807, 2.05) is 25.1 Å². The Labute approximate surface area is 149 Å². The first kappa shape index (κ1) is 21.6. The van der Waals surface area contributed by atoms with Crippen molar-refractivity contribution < 1.29 is 27.9 Å². The Bertz CT molecular complexity index is 576. The van der Waals surface area contributed by atoms with Crippen molar-refractivity contribution in [2.75, 3.05) is 19.4 Å².